The highest BCUT2D eigenvalue weighted by molar-refractivity contribution is 5.84. The minimum atomic E-state index is -0.662. The van der Waals surface area contributed by atoms with Crippen LogP contribution in [0.4, 0.5) is 10.1 Å². The second-order valence-corrected chi connectivity index (χ2v) is 5.35. The van der Waals surface area contributed by atoms with E-state index < -0.39 is 5.54 Å². The number of anilines is 1. The van der Waals surface area contributed by atoms with E-state index in [-0.39, 0.29) is 11.8 Å². The van der Waals surface area contributed by atoms with Gasteiger partial charge in [-0.15, -0.1) is 0 Å². The van der Waals surface area contributed by atoms with Crippen molar-refractivity contribution < 1.29 is 13.9 Å². The molecule has 0 radical (unpaired) electrons. The minimum Gasteiger partial charge on any atom is -0.464 e. The molecule has 0 amide bonds. The van der Waals surface area contributed by atoms with Gasteiger partial charge >= 0.3 is 5.97 Å². The molecule has 4 heteroatoms. The normalized spacial score (nSPS) is 18.1. The van der Waals surface area contributed by atoms with Gasteiger partial charge in [-0.25, -0.2) is 9.18 Å². The molecular weight excluding hydrogens is 257 g/mol. The molecule has 1 aliphatic rings. The number of hydrogen-bond acceptors (Lipinski definition) is 3. The van der Waals surface area contributed by atoms with Gasteiger partial charge in [-0.1, -0.05) is 25.7 Å². The van der Waals surface area contributed by atoms with Gasteiger partial charge in [0.1, 0.15) is 11.4 Å². The summed E-state index contributed by atoms with van der Waals surface area (Å²) in [6, 6.07) is 6.14. The third-order valence-corrected chi connectivity index (χ3v) is 3.85. The second kappa shape index (κ2) is 6.73. The van der Waals surface area contributed by atoms with E-state index in [1.165, 1.54) is 12.1 Å². The summed E-state index contributed by atoms with van der Waals surface area (Å²) in [6.45, 7) is 2.20. The van der Waals surface area contributed by atoms with Crippen molar-refractivity contribution in [3.8, 4) is 0 Å². The maximum Gasteiger partial charge on any atom is 0.331 e. The largest absolute Gasteiger partial charge is 0.464 e. The first-order valence-electron chi connectivity index (χ1n) is 7.37. The van der Waals surface area contributed by atoms with E-state index in [9.17, 15) is 9.18 Å². The molecule has 2 rings (SSSR count). The van der Waals surface area contributed by atoms with Crippen LogP contribution in [0.25, 0.3) is 0 Å². The molecule has 1 aliphatic carbocycles. The summed E-state index contributed by atoms with van der Waals surface area (Å²) in [6.07, 6.45) is 5.84. The average Bonchev–Trinajstić information content (AvgIpc) is 2.68. The van der Waals surface area contributed by atoms with E-state index in [4.69, 9.17) is 4.74 Å². The lowest BCUT2D eigenvalue weighted by atomic mass is 9.89. The smallest absolute Gasteiger partial charge is 0.331 e. The van der Waals surface area contributed by atoms with E-state index >= 15 is 0 Å². The number of halogens is 1. The Kier molecular flexibility index (Phi) is 4.99. The molecule has 0 aromatic heterocycles. The summed E-state index contributed by atoms with van der Waals surface area (Å²) in [5.41, 5.74) is 0.103. The Bertz CT molecular complexity index is 436. The summed E-state index contributed by atoms with van der Waals surface area (Å²) in [5, 5.41) is 3.30. The predicted octanol–water partition coefficient (Wildman–Crippen LogP) is 3.89. The van der Waals surface area contributed by atoms with Crippen molar-refractivity contribution in [3.63, 3.8) is 0 Å². The van der Waals surface area contributed by atoms with Crippen molar-refractivity contribution in [2.24, 2.45) is 0 Å². The van der Waals surface area contributed by atoms with Crippen LogP contribution in [0, 0.1) is 5.82 Å². The lowest BCUT2D eigenvalue weighted by Gasteiger charge is -2.32. The Morgan fingerprint density at radius 1 is 1.20 bits per heavy atom. The van der Waals surface area contributed by atoms with E-state index in [1.54, 1.807) is 12.1 Å². The van der Waals surface area contributed by atoms with Crippen LogP contribution in [0.5, 0.6) is 0 Å². The fraction of sp³-hybridized carbons (Fsp3) is 0.562. The first-order chi connectivity index (χ1) is 9.66. The summed E-state index contributed by atoms with van der Waals surface area (Å²) in [5.74, 6) is -0.465. The first kappa shape index (κ1) is 14.8. The quantitative estimate of drug-likeness (QED) is 0.671. The van der Waals surface area contributed by atoms with E-state index in [2.05, 4.69) is 5.32 Å². The predicted molar refractivity (Wildman–Crippen MR) is 77.1 cm³/mol. The van der Waals surface area contributed by atoms with Crippen LogP contribution in [-0.2, 0) is 9.53 Å². The van der Waals surface area contributed by atoms with Crippen LogP contribution in [0.15, 0.2) is 24.3 Å². The monoisotopic (exact) mass is 279 g/mol. The number of nitrogens with one attached hydrogen (secondary N) is 1. The van der Waals surface area contributed by atoms with Gasteiger partial charge in [0, 0.05) is 5.69 Å². The second-order valence-electron chi connectivity index (χ2n) is 5.35. The molecule has 1 aromatic carbocycles. The third kappa shape index (κ3) is 3.50. The minimum absolute atomic E-state index is 0.189. The Morgan fingerprint density at radius 3 is 2.35 bits per heavy atom. The molecule has 3 nitrogen and oxygen atoms in total. The number of ether oxygens (including phenoxy) is 1. The molecule has 0 spiro atoms. The van der Waals surface area contributed by atoms with E-state index in [1.807, 2.05) is 6.92 Å². The molecule has 110 valence electrons. The Morgan fingerprint density at radius 2 is 1.80 bits per heavy atom. The maximum absolute atomic E-state index is 13.0. The Balaban J connectivity index is 2.20. The van der Waals surface area contributed by atoms with Crippen molar-refractivity contribution >= 4 is 11.7 Å². The molecule has 0 bridgehead atoms. The summed E-state index contributed by atoms with van der Waals surface area (Å²) < 4.78 is 18.2. The highest BCUT2D eigenvalue weighted by atomic mass is 19.1. The van der Waals surface area contributed by atoms with Crippen molar-refractivity contribution in [3.05, 3.63) is 30.1 Å². The average molecular weight is 279 g/mol. The molecule has 1 fully saturated rings. The zero-order valence-electron chi connectivity index (χ0n) is 12.0. The van der Waals surface area contributed by atoms with Crippen LogP contribution < -0.4 is 5.32 Å². The number of esters is 1. The van der Waals surface area contributed by atoms with Gasteiger partial charge in [-0.05, 0) is 44.0 Å². The van der Waals surface area contributed by atoms with Gasteiger partial charge in [-0.2, -0.15) is 0 Å². The molecule has 0 saturated heterocycles. The van der Waals surface area contributed by atoms with Gasteiger partial charge in [0.2, 0.25) is 0 Å². The van der Waals surface area contributed by atoms with Gasteiger partial charge < -0.3 is 10.1 Å². The molecule has 0 heterocycles. The standard InChI is InChI=1S/C16H22FNO2/c1-2-20-15(19)16(11-5-3-4-6-12-16)18-14-9-7-13(17)8-10-14/h7-10,18H,2-6,11-12H2,1H3. The molecule has 1 aromatic rings. The van der Waals surface area contributed by atoms with Crippen molar-refractivity contribution in [2.75, 3.05) is 11.9 Å². The zero-order chi connectivity index (χ0) is 14.4. The van der Waals surface area contributed by atoms with Gasteiger partial charge in [0.25, 0.3) is 0 Å². The Labute approximate surface area is 119 Å². The summed E-state index contributed by atoms with van der Waals surface area (Å²) in [4.78, 5) is 12.4. The van der Waals surface area contributed by atoms with Crippen LogP contribution >= 0.6 is 0 Å². The van der Waals surface area contributed by atoms with Crippen LogP contribution in [0.3, 0.4) is 0 Å². The third-order valence-electron chi connectivity index (χ3n) is 3.85. The molecule has 20 heavy (non-hydrogen) atoms. The van der Waals surface area contributed by atoms with E-state index in [0.717, 1.165) is 44.2 Å². The topological polar surface area (TPSA) is 38.3 Å². The molecule has 0 atom stereocenters. The molecule has 1 saturated carbocycles. The molecule has 0 unspecified atom stereocenters. The maximum atomic E-state index is 13.0. The first-order valence-corrected chi connectivity index (χ1v) is 7.37. The van der Waals surface area contributed by atoms with Crippen LogP contribution in [0.2, 0.25) is 0 Å². The molecule has 1 N–H and O–H groups in total. The zero-order valence-corrected chi connectivity index (χ0v) is 12.0. The van der Waals surface area contributed by atoms with E-state index in [0.29, 0.717) is 6.61 Å². The van der Waals surface area contributed by atoms with Crippen molar-refractivity contribution in [1.29, 1.82) is 0 Å². The number of rotatable bonds is 4. The van der Waals surface area contributed by atoms with Crippen molar-refractivity contribution in [1.82, 2.24) is 0 Å². The fourth-order valence-electron chi connectivity index (χ4n) is 2.79. The highest BCUT2D eigenvalue weighted by Gasteiger charge is 2.39. The molecule has 0 aliphatic heterocycles. The van der Waals surface area contributed by atoms with Gasteiger partial charge in [0.05, 0.1) is 6.61 Å². The highest BCUT2D eigenvalue weighted by Crippen LogP contribution is 2.32. The summed E-state index contributed by atoms with van der Waals surface area (Å²) in [7, 11) is 0. The number of hydrogen-bond donors (Lipinski definition) is 1. The SMILES string of the molecule is CCOC(=O)C1(Nc2ccc(F)cc2)CCCCCC1. The van der Waals surface area contributed by atoms with Gasteiger partial charge in [0.15, 0.2) is 0 Å². The van der Waals surface area contributed by atoms with Crippen LogP contribution in [0.1, 0.15) is 45.4 Å². The lowest BCUT2D eigenvalue weighted by Crippen LogP contribution is -2.47. The Hall–Kier alpha value is -1.58. The summed E-state index contributed by atoms with van der Waals surface area (Å²) >= 11 is 0. The van der Waals surface area contributed by atoms with Crippen LogP contribution in [-0.4, -0.2) is 18.1 Å². The fourth-order valence-corrected chi connectivity index (χ4v) is 2.79. The number of benzene rings is 1. The number of carbonyl (C=O) groups is 1. The molecular formula is C16H22FNO2. The lowest BCUT2D eigenvalue weighted by molar-refractivity contribution is -0.149. The van der Waals surface area contributed by atoms with Crippen molar-refractivity contribution in [2.45, 2.75) is 51.0 Å². The van der Waals surface area contributed by atoms with Gasteiger partial charge in [-0.3, -0.25) is 0 Å². The number of carbonyl (C=O) groups excluding carboxylic acids is 1.